The normalized spacial score (nSPS) is 20.6. The van der Waals surface area contributed by atoms with E-state index in [9.17, 15) is 4.79 Å². The van der Waals surface area contributed by atoms with Crippen molar-refractivity contribution >= 4 is 36.0 Å². The summed E-state index contributed by atoms with van der Waals surface area (Å²) < 4.78 is 16.8. The summed E-state index contributed by atoms with van der Waals surface area (Å²) in [6.07, 6.45) is -0.564. The van der Waals surface area contributed by atoms with Crippen LogP contribution in [0.1, 0.15) is 47.2 Å². The van der Waals surface area contributed by atoms with Gasteiger partial charge in [-0.2, -0.15) is 0 Å². The second-order valence-electron chi connectivity index (χ2n) is 8.67. The first-order valence-electron chi connectivity index (χ1n) is 10.1. The fourth-order valence-electron chi connectivity index (χ4n) is 3.39. The standard InChI is InChI=1S/C21H35N5O4.HI/c1-14-16(26(21(5,6)29-14)19(27)30-20(2,3)4)13-24-18(22-7)23-12-15-10-9-11-17(25-15)28-8;/h9-11,14,16H,12-13H2,1-8H3,(H2,22,23,24);1H. The molecule has 1 amide bonds. The van der Waals surface area contributed by atoms with Crippen molar-refractivity contribution in [2.75, 3.05) is 20.7 Å². The Balaban J connectivity index is 0.00000480. The van der Waals surface area contributed by atoms with Crippen molar-refractivity contribution in [2.45, 2.75) is 71.6 Å². The van der Waals surface area contributed by atoms with Gasteiger partial charge in [0, 0.05) is 19.7 Å². The smallest absolute Gasteiger partial charge is 0.412 e. The molecule has 0 radical (unpaired) electrons. The molecule has 176 valence electrons. The van der Waals surface area contributed by atoms with Crippen LogP contribution in [0.5, 0.6) is 5.88 Å². The zero-order chi connectivity index (χ0) is 22.5. The Morgan fingerprint density at radius 3 is 2.58 bits per heavy atom. The first-order valence-corrected chi connectivity index (χ1v) is 10.1. The van der Waals surface area contributed by atoms with Gasteiger partial charge in [-0.15, -0.1) is 24.0 Å². The number of nitrogens with one attached hydrogen (secondary N) is 2. The van der Waals surface area contributed by atoms with Crippen LogP contribution in [0.2, 0.25) is 0 Å². The SMILES string of the molecule is CN=C(NCc1cccc(OC)n1)NCC1C(C)OC(C)(C)N1C(=O)OC(C)(C)C.I. The number of ether oxygens (including phenoxy) is 3. The maximum absolute atomic E-state index is 12.8. The van der Waals surface area contributed by atoms with E-state index in [1.807, 2.05) is 53.7 Å². The van der Waals surface area contributed by atoms with Gasteiger partial charge in [-0.3, -0.25) is 9.89 Å². The minimum absolute atomic E-state index is 0. The molecule has 0 spiro atoms. The van der Waals surface area contributed by atoms with E-state index < -0.39 is 17.4 Å². The molecule has 9 nitrogen and oxygen atoms in total. The number of hydrogen-bond acceptors (Lipinski definition) is 6. The van der Waals surface area contributed by atoms with Gasteiger partial charge in [0.25, 0.3) is 0 Å². The molecule has 1 saturated heterocycles. The molecule has 2 rings (SSSR count). The molecule has 0 aromatic carbocycles. The second kappa shape index (κ2) is 11.2. The van der Waals surface area contributed by atoms with Crippen LogP contribution in [0.15, 0.2) is 23.2 Å². The van der Waals surface area contributed by atoms with Crippen molar-refractivity contribution in [3.8, 4) is 5.88 Å². The number of rotatable bonds is 5. The van der Waals surface area contributed by atoms with Gasteiger partial charge in [-0.1, -0.05) is 6.07 Å². The quantitative estimate of drug-likeness (QED) is 0.331. The summed E-state index contributed by atoms with van der Waals surface area (Å²) in [5, 5.41) is 6.50. The van der Waals surface area contributed by atoms with E-state index in [4.69, 9.17) is 14.2 Å². The summed E-state index contributed by atoms with van der Waals surface area (Å²) in [6, 6.07) is 5.37. The predicted octanol–water partition coefficient (Wildman–Crippen LogP) is 3.13. The summed E-state index contributed by atoms with van der Waals surface area (Å²) in [5.41, 5.74) is -0.528. The van der Waals surface area contributed by atoms with Gasteiger partial charge < -0.3 is 24.8 Å². The van der Waals surface area contributed by atoms with E-state index in [1.54, 1.807) is 25.1 Å². The van der Waals surface area contributed by atoms with Crippen molar-refractivity contribution in [3.05, 3.63) is 23.9 Å². The third-order valence-corrected chi connectivity index (χ3v) is 4.65. The van der Waals surface area contributed by atoms with E-state index in [2.05, 4.69) is 20.6 Å². The number of hydrogen-bond donors (Lipinski definition) is 2. The lowest BCUT2D eigenvalue weighted by Crippen LogP contribution is -2.54. The highest BCUT2D eigenvalue weighted by Crippen LogP contribution is 2.33. The zero-order valence-corrected chi connectivity index (χ0v) is 22.0. The summed E-state index contributed by atoms with van der Waals surface area (Å²) in [4.78, 5) is 23.1. The average molecular weight is 549 g/mol. The van der Waals surface area contributed by atoms with Gasteiger partial charge in [0.1, 0.15) is 11.3 Å². The monoisotopic (exact) mass is 549 g/mol. The number of aromatic nitrogens is 1. The van der Waals surface area contributed by atoms with Crippen molar-refractivity contribution in [1.82, 2.24) is 20.5 Å². The first-order chi connectivity index (χ1) is 14.0. The van der Waals surface area contributed by atoms with Gasteiger partial charge >= 0.3 is 6.09 Å². The van der Waals surface area contributed by atoms with E-state index in [1.165, 1.54) is 0 Å². The van der Waals surface area contributed by atoms with Gasteiger partial charge in [0.15, 0.2) is 5.96 Å². The first kappa shape index (κ1) is 27.2. The molecule has 31 heavy (non-hydrogen) atoms. The molecule has 1 aliphatic heterocycles. The number of carbonyl (C=O) groups is 1. The van der Waals surface area contributed by atoms with Crippen LogP contribution in [0.3, 0.4) is 0 Å². The number of aliphatic imine (C=N–C) groups is 1. The van der Waals surface area contributed by atoms with Crippen LogP contribution in [0.4, 0.5) is 4.79 Å². The Labute approximate surface area is 202 Å². The molecule has 0 aliphatic carbocycles. The maximum atomic E-state index is 12.8. The molecule has 2 N–H and O–H groups in total. The summed E-state index contributed by atoms with van der Waals surface area (Å²) >= 11 is 0. The van der Waals surface area contributed by atoms with Gasteiger partial charge in [-0.05, 0) is 47.6 Å². The summed E-state index contributed by atoms with van der Waals surface area (Å²) in [7, 11) is 3.28. The number of methoxy groups -OCH3 is 1. The van der Waals surface area contributed by atoms with Crippen LogP contribution in [0.25, 0.3) is 0 Å². The third-order valence-electron chi connectivity index (χ3n) is 4.65. The number of nitrogens with zero attached hydrogens (tertiary/aromatic N) is 3. The van der Waals surface area contributed by atoms with Crippen LogP contribution in [-0.2, 0) is 16.0 Å². The Kier molecular flexibility index (Phi) is 9.80. The number of carbonyl (C=O) groups excluding carboxylic acids is 1. The van der Waals surface area contributed by atoms with Gasteiger partial charge in [0.05, 0.1) is 31.5 Å². The lowest BCUT2D eigenvalue weighted by molar-refractivity contribution is -0.0755. The molecule has 0 bridgehead atoms. The van der Waals surface area contributed by atoms with Crippen molar-refractivity contribution in [3.63, 3.8) is 0 Å². The average Bonchev–Trinajstić information content (AvgIpc) is 2.88. The summed E-state index contributed by atoms with van der Waals surface area (Å²) in [6.45, 7) is 12.2. The Hall–Kier alpha value is -1.82. The number of halogens is 1. The highest BCUT2D eigenvalue weighted by atomic mass is 127. The summed E-state index contributed by atoms with van der Waals surface area (Å²) in [5.74, 6) is 1.16. The molecule has 1 aromatic heterocycles. The van der Waals surface area contributed by atoms with Crippen molar-refractivity contribution < 1.29 is 19.0 Å². The van der Waals surface area contributed by atoms with Crippen LogP contribution >= 0.6 is 24.0 Å². The molecule has 1 fully saturated rings. The van der Waals surface area contributed by atoms with Crippen molar-refractivity contribution in [2.24, 2.45) is 4.99 Å². The van der Waals surface area contributed by atoms with Gasteiger partial charge in [-0.25, -0.2) is 9.78 Å². The van der Waals surface area contributed by atoms with E-state index in [0.29, 0.717) is 24.9 Å². The molecule has 2 heterocycles. The van der Waals surface area contributed by atoms with Gasteiger partial charge in [0.2, 0.25) is 5.88 Å². The molecule has 2 unspecified atom stereocenters. The Morgan fingerprint density at radius 2 is 2.00 bits per heavy atom. The zero-order valence-electron chi connectivity index (χ0n) is 19.7. The van der Waals surface area contributed by atoms with Crippen molar-refractivity contribution in [1.29, 1.82) is 0 Å². The third kappa shape index (κ3) is 7.67. The molecular formula is C21H36IN5O4. The number of guanidine groups is 1. The van der Waals surface area contributed by atoms with E-state index in [-0.39, 0.29) is 36.1 Å². The second-order valence-corrected chi connectivity index (χ2v) is 8.67. The van der Waals surface area contributed by atoms with Crippen LogP contribution in [-0.4, -0.2) is 66.1 Å². The largest absolute Gasteiger partial charge is 0.481 e. The molecule has 2 atom stereocenters. The minimum Gasteiger partial charge on any atom is -0.481 e. The number of pyridine rings is 1. The van der Waals surface area contributed by atoms with Crippen LogP contribution in [0, 0.1) is 0 Å². The van der Waals surface area contributed by atoms with E-state index in [0.717, 1.165) is 5.69 Å². The fraction of sp³-hybridized carbons (Fsp3) is 0.667. The number of amides is 1. The lowest BCUT2D eigenvalue weighted by atomic mass is 10.1. The molecule has 0 saturated carbocycles. The lowest BCUT2D eigenvalue weighted by Gasteiger charge is -2.35. The fourth-order valence-corrected chi connectivity index (χ4v) is 3.39. The highest BCUT2D eigenvalue weighted by Gasteiger charge is 2.49. The Bertz CT molecular complexity index is 766. The molecule has 1 aromatic rings. The highest BCUT2D eigenvalue weighted by molar-refractivity contribution is 14.0. The maximum Gasteiger partial charge on any atom is 0.412 e. The molecule has 1 aliphatic rings. The minimum atomic E-state index is -0.768. The Morgan fingerprint density at radius 1 is 1.32 bits per heavy atom. The topological polar surface area (TPSA) is 97.3 Å². The van der Waals surface area contributed by atoms with E-state index >= 15 is 0 Å². The molecule has 10 heteroatoms. The predicted molar refractivity (Wildman–Crippen MR) is 131 cm³/mol. The molecular weight excluding hydrogens is 513 g/mol. The van der Waals surface area contributed by atoms with Crippen LogP contribution < -0.4 is 15.4 Å².